The summed E-state index contributed by atoms with van der Waals surface area (Å²) in [5.74, 6) is -0.0279. The van der Waals surface area contributed by atoms with Crippen molar-refractivity contribution in [1.29, 1.82) is 0 Å². The van der Waals surface area contributed by atoms with Crippen LogP contribution in [0.5, 0.6) is 5.75 Å². The fraction of sp³-hybridized carbons (Fsp3) is 0.241. The lowest BCUT2D eigenvalue weighted by molar-refractivity contribution is 0.0991. The van der Waals surface area contributed by atoms with E-state index in [0.717, 1.165) is 19.3 Å². The van der Waals surface area contributed by atoms with E-state index in [0.29, 0.717) is 46.7 Å². The molecule has 5 rings (SSSR count). The minimum atomic E-state index is -3.58. The zero-order valence-corrected chi connectivity index (χ0v) is 22.3. The Hall–Kier alpha value is -4.15. The smallest absolute Gasteiger partial charge is 0.293 e. The van der Waals surface area contributed by atoms with Gasteiger partial charge in [-0.3, -0.25) is 9.59 Å². The number of fused-ring (bicyclic) bond motifs is 1. The summed E-state index contributed by atoms with van der Waals surface area (Å²) < 4.78 is 38.3. The average Bonchev–Trinajstić information content (AvgIpc) is 3.35. The van der Waals surface area contributed by atoms with Crippen molar-refractivity contribution in [2.75, 3.05) is 37.4 Å². The molecule has 9 nitrogen and oxygen atoms in total. The zero-order chi connectivity index (χ0) is 27.4. The number of Topliss-reactive ketones (excluding diaryl/α,β-unsaturated/α-hetero) is 1. The quantitative estimate of drug-likeness (QED) is 0.278. The molecule has 0 aliphatic carbocycles. The number of rotatable bonds is 9. The van der Waals surface area contributed by atoms with Crippen LogP contribution in [-0.2, 0) is 10.0 Å². The Labute approximate surface area is 226 Å². The van der Waals surface area contributed by atoms with Crippen LogP contribution in [0.25, 0.3) is 11.0 Å². The van der Waals surface area contributed by atoms with E-state index in [1.165, 1.54) is 28.6 Å². The van der Waals surface area contributed by atoms with Crippen molar-refractivity contribution in [3.05, 3.63) is 84.1 Å². The summed E-state index contributed by atoms with van der Waals surface area (Å²) in [7, 11) is -2.02. The molecule has 1 aliphatic rings. The lowest BCUT2D eigenvalue weighted by Gasteiger charge is -2.25. The van der Waals surface area contributed by atoms with E-state index >= 15 is 0 Å². The number of hydrogen-bond acceptors (Lipinski definition) is 7. The molecule has 0 spiro atoms. The predicted molar refractivity (Wildman–Crippen MR) is 149 cm³/mol. The van der Waals surface area contributed by atoms with Crippen molar-refractivity contribution in [3.63, 3.8) is 0 Å². The molecule has 0 radical (unpaired) electrons. The first kappa shape index (κ1) is 26.5. The van der Waals surface area contributed by atoms with Gasteiger partial charge in [-0.1, -0.05) is 18.6 Å². The van der Waals surface area contributed by atoms with Gasteiger partial charge in [0.05, 0.1) is 24.2 Å². The number of nitrogens with one attached hydrogen (secondary N) is 2. The second-order valence-corrected chi connectivity index (χ2v) is 11.2. The number of benzene rings is 3. The number of amides is 1. The molecular weight excluding hydrogens is 518 g/mol. The predicted octanol–water partition coefficient (Wildman–Crippen LogP) is 5.16. The standard InChI is InChI=1S/C29H29N3O6S/c1-37-22-13-11-21(12-14-22)31-29(34)28-27(24-7-3-4-8-26(24)38-28)30-19-25(33)20-9-15-23(16-10-20)39(35,36)32-17-5-2-6-18-32/h3-4,7-16,30H,2,5-6,17-19H2,1H3,(H,31,34). The van der Waals surface area contributed by atoms with Gasteiger partial charge in [-0.25, -0.2) is 8.42 Å². The fourth-order valence-corrected chi connectivity index (χ4v) is 6.10. The normalized spacial score (nSPS) is 14.2. The first-order valence-electron chi connectivity index (χ1n) is 12.7. The number of ether oxygens (including phenoxy) is 1. The fourth-order valence-electron chi connectivity index (χ4n) is 4.58. The van der Waals surface area contributed by atoms with E-state index in [1.807, 2.05) is 6.07 Å². The Morgan fingerprint density at radius 2 is 1.62 bits per heavy atom. The van der Waals surface area contributed by atoms with Crippen LogP contribution in [0.3, 0.4) is 0 Å². The van der Waals surface area contributed by atoms with Crippen LogP contribution in [0.1, 0.15) is 40.2 Å². The van der Waals surface area contributed by atoms with Crippen LogP contribution in [0, 0.1) is 0 Å². The number of nitrogens with zero attached hydrogens (tertiary/aromatic N) is 1. The number of methoxy groups -OCH3 is 1. The van der Waals surface area contributed by atoms with E-state index < -0.39 is 15.9 Å². The summed E-state index contributed by atoms with van der Waals surface area (Å²) in [5, 5.41) is 6.53. The number of para-hydroxylation sites is 1. The Morgan fingerprint density at radius 1 is 0.923 bits per heavy atom. The van der Waals surface area contributed by atoms with Gasteiger partial charge in [0.2, 0.25) is 15.8 Å². The van der Waals surface area contributed by atoms with E-state index in [-0.39, 0.29) is 23.0 Å². The lowest BCUT2D eigenvalue weighted by Crippen LogP contribution is -2.35. The number of piperidine rings is 1. The summed E-state index contributed by atoms with van der Waals surface area (Å²) in [6.07, 6.45) is 2.73. The monoisotopic (exact) mass is 547 g/mol. The van der Waals surface area contributed by atoms with Gasteiger partial charge in [0.15, 0.2) is 5.78 Å². The molecule has 202 valence electrons. The van der Waals surface area contributed by atoms with Crippen LogP contribution in [0.15, 0.2) is 82.1 Å². The van der Waals surface area contributed by atoms with Crippen LogP contribution < -0.4 is 15.4 Å². The average molecular weight is 548 g/mol. The largest absolute Gasteiger partial charge is 0.497 e. The summed E-state index contributed by atoms with van der Waals surface area (Å²) in [6, 6.07) is 20.0. The maximum absolute atomic E-state index is 13.1. The second kappa shape index (κ2) is 11.3. The van der Waals surface area contributed by atoms with Gasteiger partial charge < -0.3 is 19.8 Å². The number of furan rings is 1. The molecule has 1 aliphatic heterocycles. The summed E-state index contributed by atoms with van der Waals surface area (Å²) >= 11 is 0. The highest BCUT2D eigenvalue weighted by Gasteiger charge is 2.26. The minimum Gasteiger partial charge on any atom is -0.497 e. The molecule has 1 saturated heterocycles. The van der Waals surface area contributed by atoms with E-state index in [2.05, 4.69) is 10.6 Å². The molecule has 0 saturated carbocycles. The first-order chi connectivity index (χ1) is 18.9. The Morgan fingerprint density at radius 3 is 2.31 bits per heavy atom. The van der Waals surface area contributed by atoms with Gasteiger partial charge in [0.25, 0.3) is 5.91 Å². The zero-order valence-electron chi connectivity index (χ0n) is 21.5. The SMILES string of the molecule is COc1ccc(NC(=O)c2oc3ccccc3c2NCC(=O)c2ccc(S(=O)(=O)N3CCCCC3)cc2)cc1. The third-order valence-electron chi connectivity index (χ3n) is 6.70. The van der Waals surface area contributed by atoms with Gasteiger partial charge in [-0.05, 0) is 73.5 Å². The van der Waals surface area contributed by atoms with Gasteiger partial charge in [0.1, 0.15) is 11.3 Å². The molecule has 4 aromatic rings. The minimum absolute atomic E-state index is 0.0443. The van der Waals surface area contributed by atoms with Crippen LogP contribution >= 0.6 is 0 Å². The molecule has 1 fully saturated rings. The maximum Gasteiger partial charge on any atom is 0.293 e. The van der Waals surface area contributed by atoms with Crippen LogP contribution in [0.2, 0.25) is 0 Å². The van der Waals surface area contributed by atoms with Crippen LogP contribution in [0.4, 0.5) is 11.4 Å². The Bertz CT molecular complexity index is 1590. The van der Waals surface area contributed by atoms with E-state index in [4.69, 9.17) is 9.15 Å². The third-order valence-corrected chi connectivity index (χ3v) is 8.62. The van der Waals surface area contributed by atoms with Crippen molar-refractivity contribution < 1.29 is 27.2 Å². The Kier molecular flexibility index (Phi) is 7.67. The number of sulfonamides is 1. The summed E-state index contributed by atoms with van der Waals surface area (Å²) in [4.78, 5) is 26.3. The molecule has 0 atom stereocenters. The van der Waals surface area contributed by atoms with E-state index in [9.17, 15) is 18.0 Å². The first-order valence-corrected chi connectivity index (χ1v) is 14.1. The highest BCUT2D eigenvalue weighted by atomic mass is 32.2. The number of hydrogen-bond donors (Lipinski definition) is 2. The van der Waals surface area contributed by atoms with E-state index in [1.54, 1.807) is 49.6 Å². The van der Waals surface area contributed by atoms with Gasteiger partial charge in [0, 0.05) is 29.7 Å². The van der Waals surface area contributed by atoms with Gasteiger partial charge in [-0.2, -0.15) is 4.31 Å². The Balaban J connectivity index is 1.32. The molecular formula is C29H29N3O6S. The molecule has 0 bridgehead atoms. The highest BCUT2D eigenvalue weighted by Crippen LogP contribution is 2.32. The molecule has 39 heavy (non-hydrogen) atoms. The molecule has 0 unspecified atom stereocenters. The summed E-state index contributed by atoms with van der Waals surface area (Å²) in [6.45, 7) is 0.907. The number of anilines is 2. The molecule has 1 amide bonds. The summed E-state index contributed by atoms with van der Waals surface area (Å²) in [5.41, 5.74) is 1.81. The van der Waals surface area contributed by atoms with Gasteiger partial charge >= 0.3 is 0 Å². The number of carbonyl (C=O) groups excluding carboxylic acids is 2. The van der Waals surface area contributed by atoms with Crippen molar-refractivity contribution >= 4 is 44.1 Å². The molecule has 2 heterocycles. The lowest BCUT2D eigenvalue weighted by atomic mass is 10.1. The molecule has 1 aromatic heterocycles. The molecule has 3 aromatic carbocycles. The van der Waals surface area contributed by atoms with Crippen molar-refractivity contribution in [1.82, 2.24) is 4.31 Å². The molecule has 2 N–H and O–H groups in total. The van der Waals surface area contributed by atoms with Crippen molar-refractivity contribution in [2.24, 2.45) is 0 Å². The third kappa shape index (κ3) is 5.67. The maximum atomic E-state index is 13.1. The number of carbonyl (C=O) groups is 2. The van der Waals surface area contributed by atoms with Crippen LogP contribution in [-0.4, -0.2) is 51.2 Å². The highest BCUT2D eigenvalue weighted by molar-refractivity contribution is 7.89. The molecule has 10 heteroatoms. The van der Waals surface area contributed by atoms with Crippen molar-refractivity contribution in [3.8, 4) is 5.75 Å². The number of ketones is 1. The topological polar surface area (TPSA) is 118 Å². The van der Waals surface area contributed by atoms with Crippen molar-refractivity contribution in [2.45, 2.75) is 24.2 Å². The second-order valence-electron chi connectivity index (χ2n) is 9.25. The van der Waals surface area contributed by atoms with Gasteiger partial charge in [-0.15, -0.1) is 0 Å².